The van der Waals surface area contributed by atoms with Crippen molar-refractivity contribution in [2.24, 2.45) is 5.92 Å². The molecule has 3 rings (SSSR count). The molecule has 1 atom stereocenters. The number of carbonyl (C=O) groups excluding carboxylic acids is 1. The number of hydrogen-bond donors (Lipinski definition) is 2. The Bertz CT molecular complexity index is 666. The maximum absolute atomic E-state index is 12.4. The number of amides is 1. The molecule has 0 saturated heterocycles. The molecule has 4 nitrogen and oxygen atoms in total. The van der Waals surface area contributed by atoms with E-state index in [-0.39, 0.29) is 17.9 Å². The van der Waals surface area contributed by atoms with E-state index in [0.29, 0.717) is 0 Å². The second kappa shape index (κ2) is 7.95. The first-order chi connectivity index (χ1) is 11.7. The molecule has 1 unspecified atom stereocenters. The Hall–Kier alpha value is -2.36. The Balaban J connectivity index is 1.62. The van der Waals surface area contributed by atoms with Crippen molar-refractivity contribution in [2.75, 3.05) is 10.6 Å². The van der Waals surface area contributed by atoms with Crippen molar-refractivity contribution in [1.29, 1.82) is 0 Å². The molecule has 1 amide bonds. The first kappa shape index (κ1) is 16.5. The van der Waals surface area contributed by atoms with Crippen LogP contribution in [-0.4, -0.2) is 10.9 Å². The fraction of sp³-hybridized carbons (Fsp3) is 0.400. The van der Waals surface area contributed by atoms with Gasteiger partial charge in [0.25, 0.3) is 0 Å². The summed E-state index contributed by atoms with van der Waals surface area (Å²) in [5.74, 6) is 0.326. The fourth-order valence-electron chi connectivity index (χ4n) is 3.25. The highest BCUT2D eigenvalue weighted by Crippen LogP contribution is 2.26. The molecule has 1 aromatic heterocycles. The summed E-state index contributed by atoms with van der Waals surface area (Å²) in [7, 11) is 0. The van der Waals surface area contributed by atoms with Gasteiger partial charge in [0.2, 0.25) is 5.91 Å². The standard InChI is InChI=1S/C20H25N3O/c1-15(19-12-5-6-13-21-19)22-17-10-7-11-18(14-17)23-20(24)16-8-3-2-4-9-16/h5-7,10-16,22H,2-4,8-9H2,1H3,(H,23,24). The van der Waals surface area contributed by atoms with Gasteiger partial charge in [-0.15, -0.1) is 0 Å². The van der Waals surface area contributed by atoms with Crippen molar-refractivity contribution in [3.63, 3.8) is 0 Å². The minimum absolute atomic E-state index is 0.107. The Morgan fingerprint density at radius 1 is 1.08 bits per heavy atom. The van der Waals surface area contributed by atoms with Crippen molar-refractivity contribution in [2.45, 2.75) is 45.1 Å². The van der Waals surface area contributed by atoms with Crippen LogP contribution in [-0.2, 0) is 4.79 Å². The van der Waals surface area contributed by atoms with Crippen LogP contribution < -0.4 is 10.6 Å². The summed E-state index contributed by atoms with van der Waals surface area (Å²) in [5.41, 5.74) is 2.83. The summed E-state index contributed by atoms with van der Waals surface area (Å²) in [6, 6.07) is 13.9. The SMILES string of the molecule is CC(Nc1cccc(NC(=O)C2CCCCC2)c1)c1ccccn1. The molecule has 0 spiro atoms. The second-order valence-electron chi connectivity index (χ2n) is 6.53. The predicted molar refractivity (Wildman–Crippen MR) is 97.9 cm³/mol. The lowest BCUT2D eigenvalue weighted by atomic mass is 9.88. The number of rotatable bonds is 5. The van der Waals surface area contributed by atoms with Crippen LogP contribution >= 0.6 is 0 Å². The number of aromatic nitrogens is 1. The van der Waals surface area contributed by atoms with Gasteiger partial charge < -0.3 is 10.6 Å². The van der Waals surface area contributed by atoms with Crippen molar-refractivity contribution in [1.82, 2.24) is 4.98 Å². The molecule has 4 heteroatoms. The summed E-state index contributed by atoms with van der Waals surface area (Å²) < 4.78 is 0. The highest BCUT2D eigenvalue weighted by atomic mass is 16.1. The molecular weight excluding hydrogens is 298 g/mol. The predicted octanol–water partition coefficient (Wildman–Crippen LogP) is 4.77. The highest BCUT2D eigenvalue weighted by molar-refractivity contribution is 5.93. The summed E-state index contributed by atoms with van der Waals surface area (Å²) in [5, 5.41) is 6.51. The van der Waals surface area contributed by atoms with E-state index >= 15 is 0 Å². The number of anilines is 2. The Morgan fingerprint density at radius 2 is 1.88 bits per heavy atom. The van der Waals surface area contributed by atoms with Crippen molar-refractivity contribution in [3.05, 3.63) is 54.4 Å². The van der Waals surface area contributed by atoms with Gasteiger partial charge >= 0.3 is 0 Å². The molecule has 1 saturated carbocycles. The third-order valence-electron chi connectivity index (χ3n) is 4.62. The summed E-state index contributed by atoms with van der Waals surface area (Å²) in [6.45, 7) is 2.08. The van der Waals surface area contributed by atoms with Gasteiger partial charge in [0, 0.05) is 23.5 Å². The van der Waals surface area contributed by atoms with Gasteiger partial charge in [-0.25, -0.2) is 0 Å². The van der Waals surface area contributed by atoms with E-state index in [0.717, 1.165) is 29.9 Å². The molecule has 2 N–H and O–H groups in total. The van der Waals surface area contributed by atoms with E-state index in [9.17, 15) is 4.79 Å². The summed E-state index contributed by atoms with van der Waals surface area (Å²) in [4.78, 5) is 16.8. The number of carbonyl (C=O) groups is 1. The molecule has 0 bridgehead atoms. The Labute approximate surface area is 143 Å². The Morgan fingerprint density at radius 3 is 2.62 bits per heavy atom. The number of hydrogen-bond acceptors (Lipinski definition) is 3. The maximum atomic E-state index is 12.4. The lowest BCUT2D eigenvalue weighted by Crippen LogP contribution is -2.24. The Kier molecular flexibility index (Phi) is 5.47. The normalized spacial score (nSPS) is 16.4. The zero-order valence-electron chi connectivity index (χ0n) is 14.2. The third-order valence-corrected chi connectivity index (χ3v) is 4.62. The van der Waals surface area contributed by atoms with Crippen LogP contribution in [0.5, 0.6) is 0 Å². The van der Waals surface area contributed by atoms with Gasteiger partial charge in [-0.3, -0.25) is 9.78 Å². The second-order valence-corrected chi connectivity index (χ2v) is 6.53. The largest absolute Gasteiger partial charge is 0.377 e. The number of nitrogens with one attached hydrogen (secondary N) is 2. The van der Waals surface area contributed by atoms with E-state index in [1.165, 1.54) is 19.3 Å². The third kappa shape index (κ3) is 4.34. The number of nitrogens with zero attached hydrogens (tertiary/aromatic N) is 1. The maximum Gasteiger partial charge on any atom is 0.227 e. The summed E-state index contributed by atoms with van der Waals surface area (Å²) >= 11 is 0. The van der Waals surface area contributed by atoms with Gasteiger partial charge in [0.05, 0.1) is 11.7 Å². The zero-order valence-corrected chi connectivity index (χ0v) is 14.2. The van der Waals surface area contributed by atoms with Crippen LogP contribution in [0.15, 0.2) is 48.7 Å². The zero-order chi connectivity index (χ0) is 16.8. The molecule has 2 aromatic rings. The van der Waals surface area contributed by atoms with Gasteiger partial charge in [0.15, 0.2) is 0 Å². The quantitative estimate of drug-likeness (QED) is 0.833. The molecule has 0 aliphatic heterocycles. The van der Waals surface area contributed by atoms with Crippen molar-refractivity contribution >= 4 is 17.3 Å². The number of benzene rings is 1. The monoisotopic (exact) mass is 323 g/mol. The number of pyridine rings is 1. The van der Waals surface area contributed by atoms with Gasteiger partial charge in [-0.1, -0.05) is 31.4 Å². The summed E-state index contributed by atoms with van der Waals surface area (Å²) in [6.07, 6.45) is 7.42. The molecule has 0 radical (unpaired) electrons. The molecule has 1 aromatic carbocycles. The van der Waals surface area contributed by atoms with E-state index in [1.54, 1.807) is 6.20 Å². The molecule has 1 fully saturated rings. The van der Waals surface area contributed by atoms with Crippen LogP contribution in [0.4, 0.5) is 11.4 Å². The smallest absolute Gasteiger partial charge is 0.227 e. The van der Waals surface area contributed by atoms with Crippen molar-refractivity contribution in [3.8, 4) is 0 Å². The van der Waals surface area contributed by atoms with Gasteiger partial charge in [-0.2, -0.15) is 0 Å². The van der Waals surface area contributed by atoms with E-state index in [1.807, 2.05) is 42.5 Å². The van der Waals surface area contributed by atoms with Crippen LogP contribution in [0, 0.1) is 5.92 Å². The minimum Gasteiger partial charge on any atom is -0.377 e. The van der Waals surface area contributed by atoms with Crippen LogP contribution in [0.3, 0.4) is 0 Å². The highest BCUT2D eigenvalue weighted by Gasteiger charge is 2.21. The van der Waals surface area contributed by atoms with Crippen molar-refractivity contribution < 1.29 is 4.79 Å². The minimum atomic E-state index is 0.107. The van der Waals surface area contributed by atoms with Crippen LogP contribution in [0.1, 0.15) is 50.8 Å². The molecule has 1 aliphatic rings. The molecule has 1 heterocycles. The van der Waals surface area contributed by atoms with Crippen LogP contribution in [0.25, 0.3) is 0 Å². The molecule has 24 heavy (non-hydrogen) atoms. The van der Waals surface area contributed by atoms with Crippen LogP contribution in [0.2, 0.25) is 0 Å². The van der Waals surface area contributed by atoms with Gasteiger partial charge in [0.1, 0.15) is 0 Å². The first-order valence-corrected chi connectivity index (χ1v) is 8.81. The average molecular weight is 323 g/mol. The lowest BCUT2D eigenvalue weighted by molar-refractivity contribution is -0.120. The molecule has 126 valence electrons. The van der Waals surface area contributed by atoms with Gasteiger partial charge in [-0.05, 0) is 50.1 Å². The first-order valence-electron chi connectivity index (χ1n) is 8.81. The topological polar surface area (TPSA) is 54.0 Å². The van der Waals surface area contributed by atoms with E-state index in [4.69, 9.17) is 0 Å². The van der Waals surface area contributed by atoms with E-state index < -0.39 is 0 Å². The average Bonchev–Trinajstić information content (AvgIpc) is 2.63. The fourth-order valence-corrected chi connectivity index (χ4v) is 3.25. The molecule has 1 aliphatic carbocycles. The lowest BCUT2D eigenvalue weighted by Gasteiger charge is -2.21. The van der Waals surface area contributed by atoms with E-state index in [2.05, 4.69) is 22.5 Å². The molecular formula is C20H25N3O.